The van der Waals surface area contributed by atoms with Gasteiger partial charge in [-0.05, 0) is 29.8 Å². The maximum Gasteiger partial charge on any atom is 0.294 e. The van der Waals surface area contributed by atoms with Crippen LogP contribution >= 0.6 is 11.6 Å². The average molecular weight is 485 g/mol. The molecule has 0 aliphatic carbocycles. The molecule has 0 fully saturated rings. The van der Waals surface area contributed by atoms with Crippen molar-refractivity contribution < 1.29 is 18.2 Å². The molecule has 170 valence electrons. The van der Waals surface area contributed by atoms with Gasteiger partial charge in [-0.15, -0.1) is 5.10 Å². The van der Waals surface area contributed by atoms with Gasteiger partial charge >= 0.3 is 0 Å². The fourth-order valence-electron chi connectivity index (χ4n) is 3.13. The minimum atomic E-state index is -4.02. The number of hydroxylamine groups is 1. The van der Waals surface area contributed by atoms with E-state index in [1.54, 1.807) is 23.8 Å². The summed E-state index contributed by atoms with van der Waals surface area (Å²) in [7, 11) is -4.02. The third-order valence-electron chi connectivity index (χ3n) is 4.69. The van der Waals surface area contributed by atoms with Crippen molar-refractivity contribution in [3.8, 4) is 0 Å². The summed E-state index contributed by atoms with van der Waals surface area (Å²) in [5.41, 5.74) is 8.92. The number of guanidine groups is 1. The minimum Gasteiger partial charge on any atom is -0.367 e. The Morgan fingerprint density at radius 1 is 0.939 bits per heavy atom. The first-order valence-electron chi connectivity index (χ1n) is 9.62. The third-order valence-corrected chi connectivity index (χ3v) is 5.97. The zero-order valence-electron chi connectivity index (χ0n) is 17.5. The molecule has 0 saturated carbocycles. The summed E-state index contributed by atoms with van der Waals surface area (Å²) in [5, 5.41) is 20.7. The van der Waals surface area contributed by atoms with E-state index in [2.05, 4.69) is 10.2 Å². The van der Waals surface area contributed by atoms with Gasteiger partial charge in [-0.1, -0.05) is 77.8 Å². The maximum absolute atomic E-state index is 10.5. The minimum absolute atomic E-state index is 0.0666. The molecule has 0 aliphatic rings. The van der Waals surface area contributed by atoms with Crippen molar-refractivity contribution in [2.24, 2.45) is 15.9 Å². The summed E-state index contributed by atoms with van der Waals surface area (Å²) in [6.45, 7) is 1.84. The van der Waals surface area contributed by atoms with Gasteiger partial charge in [0.15, 0.2) is 0 Å². The predicted molar refractivity (Wildman–Crippen MR) is 132 cm³/mol. The van der Waals surface area contributed by atoms with Gasteiger partial charge in [0.05, 0.1) is 16.1 Å². The van der Waals surface area contributed by atoms with Gasteiger partial charge < -0.3 is 5.73 Å². The van der Waals surface area contributed by atoms with Crippen LogP contribution in [0.25, 0.3) is 21.5 Å². The number of hydrogen-bond acceptors (Lipinski definition) is 5. The van der Waals surface area contributed by atoms with Gasteiger partial charge in [-0.3, -0.25) is 9.76 Å². The fourth-order valence-corrected chi connectivity index (χ4v) is 3.94. The molecule has 0 spiro atoms. The van der Waals surface area contributed by atoms with Crippen LogP contribution in [0, 0.1) is 6.92 Å². The average Bonchev–Trinajstić information content (AvgIpc) is 2.81. The zero-order valence-corrected chi connectivity index (χ0v) is 19.0. The SMILES string of the molecule is Cc1ccc(S(=O)(=O)O)cc1.N/C(=N\N=Cc1c2ccccc2c(Cl)c2ccccc12)NO. The van der Waals surface area contributed by atoms with E-state index in [1.165, 1.54) is 12.1 Å². The molecule has 4 aromatic carbocycles. The molecular formula is C23H21ClN4O4S. The second kappa shape index (κ2) is 10.4. The highest BCUT2D eigenvalue weighted by Crippen LogP contribution is 2.35. The molecule has 0 bridgehead atoms. The molecule has 0 aromatic heterocycles. The van der Waals surface area contributed by atoms with Crippen molar-refractivity contribution in [3.05, 3.63) is 88.9 Å². The van der Waals surface area contributed by atoms with Crippen LogP contribution in [0.4, 0.5) is 0 Å². The number of rotatable bonds is 3. The summed E-state index contributed by atoms with van der Waals surface area (Å²) >= 11 is 6.52. The lowest BCUT2D eigenvalue weighted by molar-refractivity contribution is 0.232. The first-order chi connectivity index (χ1) is 15.7. The maximum atomic E-state index is 10.5. The van der Waals surface area contributed by atoms with Crippen molar-refractivity contribution in [1.82, 2.24) is 5.48 Å². The van der Waals surface area contributed by atoms with E-state index < -0.39 is 10.1 Å². The molecule has 0 aliphatic heterocycles. The van der Waals surface area contributed by atoms with Crippen molar-refractivity contribution in [3.63, 3.8) is 0 Å². The zero-order chi connectivity index (χ0) is 24.0. The largest absolute Gasteiger partial charge is 0.367 e. The Balaban J connectivity index is 0.000000235. The molecular weight excluding hydrogens is 464 g/mol. The number of fused-ring (bicyclic) bond motifs is 2. The molecule has 0 unspecified atom stereocenters. The molecule has 0 atom stereocenters. The molecule has 5 N–H and O–H groups in total. The van der Waals surface area contributed by atoms with Crippen LogP contribution in [0.3, 0.4) is 0 Å². The molecule has 0 saturated heterocycles. The second-order valence-electron chi connectivity index (χ2n) is 6.95. The van der Waals surface area contributed by atoms with E-state index >= 15 is 0 Å². The normalized spacial score (nSPS) is 12.1. The molecule has 0 radical (unpaired) electrons. The van der Waals surface area contributed by atoms with E-state index in [0.29, 0.717) is 5.02 Å². The Morgan fingerprint density at radius 2 is 1.42 bits per heavy atom. The number of hydrogen-bond donors (Lipinski definition) is 4. The van der Waals surface area contributed by atoms with E-state index in [4.69, 9.17) is 27.1 Å². The van der Waals surface area contributed by atoms with Crippen molar-refractivity contribution in [1.29, 1.82) is 0 Å². The Labute approximate surface area is 195 Å². The highest BCUT2D eigenvalue weighted by molar-refractivity contribution is 7.85. The van der Waals surface area contributed by atoms with E-state index in [-0.39, 0.29) is 10.9 Å². The molecule has 0 heterocycles. The van der Waals surface area contributed by atoms with E-state index in [9.17, 15) is 8.42 Å². The Hall–Kier alpha value is -3.50. The summed E-state index contributed by atoms with van der Waals surface area (Å²) in [5.74, 6) is -0.182. The lowest BCUT2D eigenvalue weighted by Crippen LogP contribution is -2.27. The van der Waals surface area contributed by atoms with Gasteiger partial charge in [-0.25, -0.2) is 5.48 Å². The molecule has 4 rings (SSSR count). The smallest absolute Gasteiger partial charge is 0.294 e. The van der Waals surface area contributed by atoms with E-state index in [1.807, 2.05) is 55.5 Å². The quantitative estimate of drug-likeness (QED) is 0.111. The van der Waals surface area contributed by atoms with E-state index in [0.717, 1.165) is 32.7 Å². The van der Waals surface area contributed by atoms with Crippen LogP contribution in [-0.2, 0) is 10.1 Å². The standard InChI is InChI=1S/C16H13ClN4O.C7H8O3S/c17-15-12-7-3-1-5-10(12)14(9-19-20-16(18)21-22)11-6-2-4-8-13(11)15;1-6-2-4-7(5-3-6)11(8,9)10/h1-9,22H,(H3,18,20,21);2-5H,1H3,(H,8,9,10). The number of nitrogens with two attached hydrogens (primary N) is 1. The summed E-state index contributed by atoms with van der Waals surface area (Å²) in [6.07, 6.45) is 1.60. The molecule has 33 heavy (non-hydrogen) atoms. The number of aryl methyl sites for hydroxylation is 1. The monoisotopic (exact) mass is 484 g/mol. The summed E-state index contributed by atoms with van der Waals surface area (Å²) in [6, 6.07) is 21.6. The van der Waals surface area contributed by atoms with Crippen LogP contribution in [0.5, 0.6) is 0 Å². The first kappa shape index (κ1) is 24.1. The number of nitrogens with zero attached hydrogens (tertiary/aromatic N) is 2. The summed E-state index contributed by atoms with van der Waals surface area (Å²) in [4.78, 5) is -0.0666. The highest BCUT2D eigenvalue weighted by Gasteiger charge is 2.10. The third kappa shape index (κ3) is 5.85. The fraction of sp³-hybridized carbons (Fsp3) is 0.0435. The van der Waals surface area contributed by atoms with Gasteiger partial charge in [0, 0.05) is 16.3 Å². The van der Waals surface area contributed by atoms with Crippen LogP contribution in [0.2, 0.25) is 5.02 Å². The van der Waals surface area contributed by atoms with Gasteiger partial charge in [0.1, 0.15) is 0 Å². The lowest BCUT2D eigenvalue weighted by atomic mass is 9.97. The highest BCUT2D eigenvalue weighted by atomic mass is 35.5. The van der Waals surface area contributed by atoms with Gasteiger partial charge in [-0.2, -0.15) is 13.5 Å². The van der Waals surface area contributed by atoms with Crippen LogP contribution in [-0.4, -0.2) is 30.4 Å². The second-order valence-corrected chi connectivity index (χ2v) is 8.75. The number of halogens is 1. The van der Waals surface area contributed by atoms with Gasteiger partial charge in [0.2, 0.25) is 5.96 Å². The number of nitrogens with one attached hydrogen (secondary N) is 1. The topological polar surface area (TPSA) is 137 Å². The van der Waals surface area contributed by atoms with Crippen LogP contribution in [0.15, 0.2) is 87.9 Å². The predicted octanol–water partition coefficient (Wildman–Crippen LogP) is 4.52. The first-order valence-corrected chi connectivity index (χ1v) is 11.4. The van der Waals surface area contributed by atoms with Crippen LogP contribution < -0.4 is 11.2 Å². The van der Waals surface area contributed by atoms with Gasteiger partial charge in [0.25, 0.3) is 10.1 Å². The Morgan fingerprint density at radius 3 is 1.88 bits per heavy atom. The van der Waals surface area contributed by atoms with Crippen molar-refractivity contribution >= 4 is 55.4 Å². The van der Waals surface area contributed by atoms with Crippen LogP contribution in [0.1, 0.15) is 11.1 Å². The van der Waals surface area contributed by atoms with Crippen molar-refractivity contribution in [2.75, 3.05) is 0 Å². The Bertz CT molecular complexity index is 1400. The number of benzene rings is 4. The Kier molecular flexibility index (Phi) is 7.62. The molecule has 0 amide bonds. The van der Waals surface area contributed by atoms with Crippen molar-refractivity contribution in [2.45, 2.75) is 11.8 Å². The summed E-state index contributed by atoms with van der Waals surface area (Å²) < 4.78 is 29.6. The molecule has 10 heteroatoms. The molecule has 4 aromatic rings. The lowest BCUT2D eigenvalue weighted by Gasteiger charge is -2.10. The molecule has 8 nitrogen and oxygen atoms in total.